The Kier molecular flexibility index (Phi) is 1.53. The Morgan fingerprint density at radius 2 is 2.20 bits per heavy atom. The molecule has 1 N–H and O–H groups in total. The van der Waals surface area contributed by atoms with Gasteiger partial charge in [-0.1, -0.05) is 5.16 Å². The van der Waals surface area contributed by atoms with Crippen molar-refractivity contribution >= 4 is 11.1 Å². The van der Waals surface area contributed by atoms with E-state index in [9.17, 15) is 4.79 Å². The zero-order chi connectivity index (χ0) is 10.3. The molecule has 15 heavy (non-hydrogen) atoms. The van der Waals surface area contributed by atoms with Crippen LogP contribution in [0.4, 0.5) is 0 Å². The number of hydrogen-bond acceptors (Lipinski definition) is 4. The Labute approximate surface area is 83.3 Å². The van der Waals surface area contributed by atoms with Crippen LogP contribution in [0.3, 0.4) is 0 Å². The number of rotatable bonds is 1. The molecule has 0 atom stereocenters. The van der Waals surface area contributed by atoms with Gasteiger partial charge in [-0.25, -0.2) is 4.79 Å². The van der Waals surface area contributed by atoms with Crippen LogP contribution in [0.5, 0.6) is 0 Å². The van der Waals surface area contributed by atoms with Crippen molar-refractivity contribution < 1.29 is 8.94 Å². The molecule has 74 valence electrons. The average molecular weight is 202 g/mol. The number of benzene rings is 1. The van der Waals surface area contributed by atoms with Gasteiger partial charge in [0.15, 0.2) is 11.3 Å². The molecule has 0 saturated carbocycles. The number of nitrogens with zero attached hydrogens (tertiary/aromatic N) is 1. The van der Waals surface area contributed by atoms with Crippen LogP contribution in [0, 0.1) is 0 Å². The van der Waals surface area contributed by atoms with Crippen molar-refractivity contribution in [3.05, 3.63) is 41.0 Å². The normalized spacial score (nSPS) is 10.9. The lowest BCUT2D eigenvalue weighted by Gasteiger charge is -1.93. The third-order valence-electron chi connectivity index (χ3n) is 2.14. The molecule has 0 spiro atoms. The molecule has 2 heterocycles. The zero-order valence-corrected chi connectivity index (χ0v) is 7.56. The van der Waals surface area contributed by atoms with Crippen LogP contribution in [0.1, 0.15) is 0 Å². The molecular formula is C10H6N2O3. The monoisotopic (exact) mass is 202 g/mol. The first kappa shape index (κ1) is 8.05. The molecule has 5 heteroatoms. The van der Waals surface area contributed by atoms with Crippen LogP contribution < -0.4 is 5.76 Å². The molecule has 0 bridgehead atoms. The second-order valence-corrected chi connectivity index (χ2v) is 3.10. The molecule has 0 aliphatic heterocycles. The molecule has 0 fully saturated rings. The van der Waals surface area contributed by atoms with Gasteiger partial charge in [-0.3, -0.25) is 4.98 Å². The minimum absolute atomic E-state index is 0.459. The summed E-state index contributed by atoms with van der Waals surface area (Å²) in [5, 5.41) is 3.61. The molecule has 0 aliphatic rings. The van der Waals surface area contributed by atoms with Crippen LogP contribution >= 0.6 is 0 Å². The summed E-state index contributed by atoms with van der Waals surface area (Å²) in [6.07, 6.45) is 1.57. The third-order valence-corrected chi connectivity index (χ3v) is 2.14. The van der Waals surface area contributed by atoms with E-state index < -0.39 is 5.76 Å². The van der Waals surface area contributed by atoms with Crippen LogP contribution in [-0.4, -0.2) is 10.1 Å². The second-order valence-electron chi connectivity index (χ2n) is 3.10. The van der Waals surface area contributed by atoms with Gasteiger partial charge in [-0.15, -0.1) is 0 Å². The topological polar surface area (TPSA) is 72.0 Å². The van der Waals surface area contributed by atoms with Crippen molar-refractivity contribution in [2.24, 2.45) is 0 Å². The fraction of sp³-hybridized carbons (Fsp3) is 0. The first-order valence-corrected chi connectivity index (χ1v) is 4.37. The Balaban J connectivity index is 2.26. The van der Waals surface area contributed by atoms with E-state index in [-0.39, 0.29) is 0 Å². The van der Waals surface area contributed by atoms with Gasteiger partial charge in [-0.05, 0) is 18.2 Å². The highest BCUT2D eigenvalue weighted by molar-refractivity contribution is 5.78. The summed E-state index contributed by atoms with van der Waals surface area (Å²) in [5.74, 6) is 0.193. The smallest absolute Gasteiger partial charge is 0.408 e. The number of hydrogen-bond donors (Lipinski definition) is 1. The highest BCUT2D eigenvalue weighted by atomic mass is 16.5. The Morgan fingerprint density at radius 1 is 1.27 bits per heavy atom. The SMILES string of the molecule is O=c1[nH]c2cc(-c3ccno3)ccc2o1. The predicted molar refractivity (Wildman–Crippen MR) is 52.3 cm³/mol. The number of aromatic nitrogens is 2. The molecule has 0 unspecified atom stereocenters. The van der Waals surface area contributed by atoms with Crippen LogP contribution in [0.25, 0.3) is 22.4 Å². The van der Waals surface area contributed by atoms with E-state index in [2.05, 4.69) is 10.1 Å². The van der Waals surface area contributed by atoms with Crippen LogP contribution in [-0.2, 0) is 0 Å². The van der Waals surface area contributed by atoms with E-state index in [1.807, 2.05) is 0 Å². The molecule has 3 rings (SSSR count). The molecule has 2 aromatic heterocycles. The highest BCUT2D eigenvalue weighted by Gasteiger charge is 2.05. The average Bonchev–Trinajstić information content (AvgIpc) is 2.82. The van der Waals surface area contributed by atoms with E-state index in [0.29, 0.717) is 16.9 Å². The minimum Gasteiger partial charge on any atom is -0.408 e. The maximum atomic E-state index is 10.9. The van der Waals surface area contributed by atoms with Crippen molar-refractivity contribution in [1.82, 2.24) is 10.1 Å². The van der Waals surface area contributed by atoms with E-state index in [0.717, 1.165) is 5.56 Å². The van der Waals surface area contributed by atoms with Gasteiger partial charge in [-0.2, -0.15) is 0 Å². The zero-order valence-electron chi connectivity index (χ0n) is 7.56. The lowest BCUT2D eigenvalue weighted by Crippen LogP contribution is -1.92. The van der Waals surface area contributed by atoms with Crippen LogP contribution in [0.2, 0.25) is 0 Å². The van der Waals surface area contributed by atoms with Gasteiger partial charge in [0.1, 0.15) is 0 Å². The first-order chi connectivity index (χ1) is 7.33. The summed E-state index contributed by atoms with van der Waals surface area (Å²) < 4.78 is 9.89. The molecular weight excluding hydrogens is 196 g/mol. The molecule has 1 aromatic carbocycles. The Bertz CT molecular complexity index is 649. The third kappa shape index (κ3) is 1.25. The van der Waals surface area contributed by atoms with Crippen molar-refractivity contribution in [3.8, 4) is 11.3 Å². The number of nitrogens with one attached hydrogen (secondary N) is 1. The molecule has 0 radical (unpaired) electrons. The van der Waals surface area contributed by atoms with Crippen molar-refractivity contribution in [2.75, 3.05) is 0 Å². The highest BCUT2D eigenvalue weighted by Crippen LogP contribution is 2.22. The number of H-pyrrole nitrogens is 1. The van der Waals surface area contributed by atoms with Crippen molar-refractivity contribution in [3.63, 3.8) is 0 Å². The summed E-state index contributed by atoms with van der Waals surface area (Å²) in [6.45, 7) is 0. The van der Waals surface area contributed by atoms with Crippen molar-refractivity contribution in [1.29, 1.82) is 0 Å². The molecule has 0 aliphatic carbocycles. The van der Waals surface area contributed by atoms with Gasteiger partial charge in [0, 0.05) is 11.6 Å². The maximum absolute atomic E-state index is 10.9. The lowest BCUT2D eigenvalue weighted by molar-refractivity contribution is 0.432. The van der Waals surface area contributed by atoms with Gasteiger partial charge in [0.2, 0.25) is 0 Å². The predicted octanol–water partition coefficient (Wildman–Crippen LogP) is 1.78. The number of fused-ring (bicyclic) bond motifs is 1. The summed E-state index contributed by atoms with van der Waals surface area (Å²) in [4.78, 5) is 13.5. The fourth-order valence-corrected chi connectivity index (χ4v) is 1.47. The lowest BCUT2D eigenvalue weighted by atomic mass is 10.1. The van der Waals surface area contributed by atoms with Gasteiger partial charge in [0.05, 0.1) is 11.7 Å². The summed E-state index contributed by atoms with van der Waals surface area (Å²) in [5.41, 5.74) is 2.02. The van der Waals surface area contributed by atoms with Gasteiger partial charge < -0.3 is 8.94 Å². The van der Waals surface area contributed by atoms with Gasteiger partial charge >= 0.3 is 5.76 Å². The van der Waals surface area contributed by atoms with E-state index in [1.54, 1.807) is 30.5 Å². The summed E-state index contributed by atoms with van der Waals surface area (Å²) in [6, 6.07) is 7.05. The summed E-state index contributed by atoms with van der Waals surface area (Å²) >= 11 is 0. The Hall–Kier alpha value is -2.30. The molecule has 3 aromatic rings. The molecule has 5 nitrogen and oxygen atoms in total. The number of aromatic amines is 1. The first-order valence-electron chi connectivity index (χ1n) is 4.37. The molecule has 0 amide bonds. The van der Waals surface area contributed by atoms with E-state index in [1.165, 1.54) is 0 Å². The van der Waals surface area contributed by atoms with E-state index >= 15 is 0 Å². The van der Waals surface area contributed by atoms with Crippen LogP contribution in [0.15, 0.2) is 44.2 Å². The van der Waals surface area contributed by atoms with Gasteiger partial charge in [0.25, 0.3) is 0 Å². The largest absolute Gasteiger partial charge is 0.417 e. The molecule has 0 saturated heterocycles. The van der Waals surface area contributed by atoms with E-state index in [4.69, 9.17) is 8.94 Å². The fourth-order valence-electron chi connectivity index (χ4n) is 1.47. The quantitative estimate of drug-likeness (QED) is 0.652. The standard InChI is InChI=1S/C10H6N2O3/c13-10-12-7-5-6(1-2-9(7)14-10)8-3-4-11-15-8/h1-5H,(H,12,13). The minimum atomic E-state index is -0.459. The number of oxazole rings is 1. The van der Waals surface area contributed by atoms with Crippen molar-refractivity contribution in [2.45, 2.75) is 0 Å². The summed E-state index contributed by atoms with van der Waals surface area (Å²) in [7, 11) is 0. The Morgan fingerprint density at radius 3 is 3.00 bits per heavy atom. The second kappa shape index (κ2) is 2.84. The maximum Gasteiger partial charge on any atom is 0.417 e.